The second-order valence-corrected chi connectivity index (χ2v) is 5.35. The van der Waals surface area contributed by atoms with Gasteiger partial charge in [-0.2, -0.15) is 0 Å². The van der Waals surface area contributed by atoms with Gasteiger partial charge in [-0.3, -0.25) is 0 Å². The van der Waals surface area contributed by atoms with Crippen LogP contribution in [0.1, 0.15) is 23.6 Å². The molecule has 0 spiro atoms. The van der Waals surface area contributed by atoms with Crippen molar-refractivity contribution in [3.05, 3.63) is 41.3 Å². The van der Waals surface area contributed by atoms with Gasteiger partial charge in [-0.1, -0.05) is 13.0 Å². The zero-order valence-electron chi connectivity index (χ0n) is 11.5. The summed E-state index contributed by atoms with van der Waals surface area (Å²) in [5, 5.41) is 4.99. The molecule has 2 heterocycles. The van der Waals surface area contributed by atoms with Crippen molar-refractivity contribution in [3.63, 3.8) is 0 Å². The first kappa shape index (κ1) is 14.0. The Morgan fingerprint density at radius 1 is 1.11 bits per heavy atom. The fourth-order valence-electron chi connectivity index (χ4n) is 1.61. The minimum atomic E-state index is 0.737. The van der Waals surface area contributed by atoms with Crippen LogP contribution in [0.15, 0.2) is 34.8 Å². The van der Waals surface area contributed by atoms with Crippen molar-refractivity contribution in [2.24, 2.45) is 0 Å². The highest BCUT2D eigenvalue weighted by atomic mass is 32.2. The van der Waals surface area contributed by atoms with Gasteiger partial charge < -0.3 is 5.32 Å². The lowest BCUT2D eigenvalue weighted by Crippen LogP contribution is -2.12. The summed E-state index contributed by atoms with van der Waals surface area (Å²) in [5.41, 5.74) is 3.42. The molecule has 0 aliphatic heterocycles. The number of nitrogens with zero attached hydrogens (tertiary/aromatic N) is 3. The Labute approximate surface area is 118 Å². The minimum absolute atomic E-state index is 0.737. The van der Waals surface area contributed by atoms with Gasteiger partial charge in [0.2, 0.25) is 0 Å². The van der Waals surface area contributed by atoms with Crippen LogP contribution < -0.4 is 5.32 Å². The zero-order chi connectivity index (χ0) is 13.7. The molecule has 2 aromatic heterocycles. The molecule has 2 aromatic rings. The lowest BCUT2D eigenvalue weighted by molar-refractivity contribution is 0.721. The number of hydrogen-bond donors (Lipinski definition) is 1. The second-order valence-electron chi connectivity index (χ2n) is 4.39. The highest BCUT2D eigenvalue weighted by Gasteiger charge is 2.06. The van der Waals surface area contributed by atoms with E-state index in [-0.39, 0.29) is 0 Å². The standard InChI is InChI=1S/C14H18N4S/c1-4-15-8-12-5-11(3)13(16-9-12)19-14-17-6-10(2)7-18-14/h5-7,9,15H,4,8H2,1-3H3. The van der Waals surface area contributed by atoms with Crippen molar-refractivity contribution in [3.8, 4) is 0 Å². The van der Waals surface area contributed by atoms with Crippen molar-refractivity contribution >= 4 is 11.8 Å². The van der Waals surface area contributed by atoms with Crippen LogP contribution in [0.2, 0.25) is 0 Å². The van der Waals surface area contributed by atoms with Crippen LogP contribution in [0.5, 0.6) is 0 Å². The van der Waals surface area contributed by atoms with Gasteiger partial charge in [0.1, 0.15) is 5.03 Å². The number of nitrogens with one attached hydrogen (secondary N) is 1. The summed E-state index contributed by atoms with van der Waals surface area (Å²) < 4.78 is 0. The molecule has 4 nitrogen and oxygen atoms in total. The van der Waals surface area contributed by atoms with Crippen LogP contribution in [0.25, 0.3) is 0 Å². The van der Waals surface area contributed by atoms with Gasteiger partial charge in [0, 0.05) is 25.1 Å². The largest absolute Gasteiger partial charge is 0.313 e. The average molecular weight is 274 g/mol. The lowest BCUT2D eigenvalue weighted by Gasteiger charge is -2.07. The van der Waals surface area contributed by atoms with Crippen molar-refractivity contribution in [2.45, 2.75) is 37.5 Å². The molecule has 100 valence electrons. The van der Waals surface area contributed by atoms with E-state index < -0.39 is 0 Å². The van der Waals surface area contributed by atoms with Gasteiger partial charge in [0.05, 0.1) is 0 Å². The van der Waals surface area contributed by atoms with E-state index in [0.29, 0.717) is 0 Å². The van der Waals surface area contributed by atoms with E-state index in [4.69, 9.17) is 0 Å². The summed E-state index contributed by atoms with van der Waals surface area (Å²) in [6.45, 7) is 7.97. The maximum atomic E-state index is 4.49. The normalized spacial score (nSPS) is 10.7. The minimum Gasteiger partial charge on any atom is -0.313 e. The molecule has 0 atom stereocenters. The molecular formula is C14H18N4S. The van der Waals surface area contributed by atoms with Crippen LogP contribution in [0.3, 0.4) is 0 Å². The van der Waals surface area contributed by atoms with E-state index in [9.17, 15) is 0 Å². The molecule has 19 heavy (non-hydrogen) atoms. The highest BCUT2D eigenvalue weighted by molar-refractivity contribution is 7.99. The van der Waals surface area contributed by atoms with Gasteiger partial charge in [0.25, 0.3) is 0 Å². The molecule has 0 aliphatic rings. The number of pyridine rings is 1. The highest BCUT2D eigenvalue weighted by Crippen LogP contribution is 2.25. The van der Waals surface area contributed by atoms with Crippen LogP contribution >= 0.6 is 11.8 Å². The van der Waals surface area contributed by atoms with Gasteiger partial charge >= 0.3 is 0 Å². The Morgan fingerprint density at radius 2 is 1.84 bits per heavy atom. The molecule has 0 saturated heterocycles. The van der Waals surface area contributed by atoms with E-state index in [1.807, 2.05) is 25.5 Å². The fraction of sp³-hybridized carbons (Fsp3) is 0.357. The Bertz CT molecular complexity index is 540. The molecule has 2 rings (SSSR count). The first-order chi connectivity index (χ1) is 9.19. The van der Waals surface area contributed by atoms with E-state index >= 15 is 0 Å². The Hall–Kier alpha value is -1.46. The number of aryl methyl sites for hydroxylation is 2. The third kappa shape index (κ3) is 4.01. The summed E-state index contributed by atoms with van der Waals surface area (Å²) >= 11 is 1.50. The Kier molecular flexibility index (Phi) is 4.87. The van der Waals surface area contributed by atoms with E-state index in [2.05, 4.69) is 40.2 Å². The fourth-order valence-corrected chi connectivity index (χ4v) is 2.32. The van der Waals surface area contributed by atoms with Crippen molar-refractivity contribution in [1.82, 2.24) is 20.3 Å². The SMILES string of the molecule is CCNCc1cnc(Sc2ncc(C)cn2)c(C)c1. The molecule has 0 unspecified atom stereocenters. The summed E-state index contributed by atoms with van der Waals surface area (Å²) in [7, 11) is 0. The molecule has 0 amide bonds. The molecule has 0 bridgehead atoms. The monoisotopic (exact) mass is 274 g/mol. The Morgan fingerprint density at radius 3 is 2.47 bits per heavy atom. The van der Waals surface area contributed by atoms with Crippen molar-refractivity contribution in [1.29, 1.82) is 0 Å². The van der Waals surface area contributed by atoms with Crippen LogP contribution in [-0.2, 0) is 6.54 Å². The molecule has 1 N–H and O–H groups in total. The number of hydrogen-bond acceptors (Lipinski definition) is 5. The van der Waals surface area contributed by atoms with E-state index in [1.165, 1.54) is 17.3 Å². The number of aromatic nitrogens is 3. The smallest absolute Gasteiger partial charge is 0.193 e. The van der Waals surface area contributed by atoms with E-state index in [1.54, 1.807) is 0 Å². The first-order valence-electron chi connectivity index (χ1n) is 6.31. The quantitative estimate of drug-likeness (QED) is 0.850. The molecule has 0 fully saturated rings. The summed E-state index contributed by atoms with van der Waals surface area (Å²) in [5.74, 6) is 0. The average Bonchev–Trinajstić information content (AvgIpc) is 2.41. The summed E-state index contributed by atoms with van der Waals surface area (Å²) in [4.78, 5) is 13.1. The predicted octanol–water partition coefficient (Wildman–Crippen LogP) is 2.75. The third-order valence-electron chi connectivity index (χ3n) is 2.61. The van der Waals surface area contributed by atoms with Crippen LogP contribution in [0.4, 0.5) is 0 Å². The van der Waals surface area contributed by atoms with Crippen molar-refractivity contribution in [2.75, 3.05) is 6.54 Å². The first-order valence-corrected chi connectivity index (χ1v) is 7.13. The summed E-state index contributed by atoms with van der Waals surface area (Å²) in [6, 6.07) is 2.16. The van der Waals surface area contributed by atoms with Crippen molar-refractivity contribution < 1.29 is 0 Å². The topological polar surface area (TPSA) is 50.7 Å². The predicted molar refractivity (Wildman–Crippen MR) is 77.2 cm³/mol. The zero-order valence-corrected chi connectivity index (χ0v) is 12.3. The van der Waals surface area contributed by atoms with Crippen LogP contribution in [-0.4, -0.2) is 21.5 Å². The van der Waals surface area contributed by atoms with Gasteiger partial charge in [-0.15, -0.1) is 0 Å². The van der Waals surface area contributed by atoms with Crippen LogP contribution in [0, 0.1) is 13.8 Å². The molecule has 0 saturated carbocycles. The molecule has 0 aromatic carbocycles. The molecular weight excluding hydrogens is 256 g/mol. The molecule has 5 heteroatoms. The third-order valence-corrected chi connectivity index (χ3v) is 3.63. The van der Waals surface area contributed by atoms with Gasteiger partial charge in [0.15, 0.2) is 5.16 Å². The molecule has 0 radical (unpaired) electrons. The molecule has 0 aliphatic carbocycles. The maximum absolute atomic E-state index is 4.49. The number of rotatable bonds is 5. The van der Waals surface area contributed by atoms with E-state index in [0.717, 1.165) is 34.4 Å². The van der Waals surface area contributed by atoms with Gasteiger partial charge in [-0.25, -0.2) is 15.0 Å². The Balaban J connectivity index is 2.10. The van der Waals surface area contributed by atoms with Gasteiger partial charge in [-0.05, 0) is 48.8 Å². The lowest BCUT2D eigenvalue weighted by atomic mass is 10.2. The summed E-state index contributed by atoms with van der Waals surface area (Å²) in [6.07, 6.45) is 5.56. The maximum Gasteiger partial charge on any atom is 0.193 e. The second kappa shape index (κ2) is 6.63.